The molecule has 0 radical (unpaired) electrons. The highest BCUT2D eigenvalue weighted by Gasteiger charge is 2.49. The van der Waals surface area contributed by atoms with E-state index in [1.165, 1.54) is 6.92 Å². The number of nitrogen functional groups attached to an aromatic ring is 1. The van der Waals surface area contributed by atoms with Gasteiger partial charge in [0.15, 0.2) is 0 Å². The summed E-state index contributed by atoms with van der Waals surface area (Å²) in [7, 11) is 0. The molecule has 0 spiro atoms. The number of amides is 1. The lowest BCUT2D eigenvalue weighted by Crippen LogP contribution is -2.41. The number of fused-ring (bicyclic) bond motifs is 1. The molecule has 1 aliphatic carbocycles. The van der Waals surface area contributed by atoms with Gasteiger partial charge in [-0.2, -0.15) is 13.2 Å². The Hall–Kier alpha value is -3.56. The van der Waals surface area contributed by atoms with Crippen molar-refractivity contribution in [3.8, 4) is 11.3 Å². The zero-order chi connectivity index (χ0) is 25.1. The van der Waals surface area contributed by atoms with Crippen LogP contribution < -0.4 is 5.73 Å². The van der Waals surface area contributed by atoms with E-state index in [4.69, 9.17) is 5.73 Å². The van der Waals surface area contributed by atoms with E-state index >= 15 is 0 Å². The number of aryl methyl sites for hydroxylation is 2. The number of rotatable bonds is 3. The maximum absolute atomic E-state index is 14.0. The lowest BCUT2D eigenvalue weighted by Gasteiger charge is -2.37. The zero-order valence-corrected chi connectivity index (χ0v) is 19.6. The zero-order valence-electron chi connectivity index (χ0n) is 19.6. The maximum Gasteiger partial charge on any atom is 0.418 e. The molecular formula is C25H25F3N6O. The van der Waals surface area contributed by atoms with Gasteiger partial charge < -0.3 is 10.6 Å². The van der Waals surface area contributed by atoms with Crippen molar-refractivity contribution in [3.63, 3.8) is 0 Å². The molecule has 1 saturated heterocycles. The molecule has 0 aromatic carbocycles. The minimum Gasteiger partial charge on any atom is -0.383 e. The fraction of sp³-hybridized carbons (Fsp3) is 0.400. The first kappa shape index (κ1) is 23.2. The molecule has 2 fully saturated rings. The Bertz CT molecular complexity index is 1330. The number of halogens is 3. The number of likely N-dealkylation sites (tertiary alicyclic amines) is 1. The summed E-state index contributed by atoms with van der Waals surface area (Å²) in [6.07, 6.45) is -0.715. The number of aromatic nitrogens is 4. The number of piperidine rings is 1. The minimum absolute atomic E-state index is 0.00995. The summed E-state index contributed by atoms with van der Waals surface area (Å²) < 4.78 is 41.0. The molecule has 2 aliphatic rings. The van der Waals surface area contributed by atoms with Gasteiger partial charge in [-0.25, -0.2) is 19.9 Å². The van der Waals surface area contributed by atoms with Crippen molar-refractivity contribution < 1.29 is 18.0 Å². The van der Waals surface area contributed by atoms with Crippen molar-refractivity contribution in [2.45, 2.75) is 45.8 Å². The van der Waals surface area contributed by atoms with Gasteiger partial charge in [0.2, 0.25) is 0 Å². The molecular weight excluding hydrogens is 457 g/mol. The van der Waals surface area contributed by atoms with Crippen molar-refractivity contribution in [2.75, 3.05) is 12.3 Å². The summed E-state index contributed by atoms with van der Waals surface area (Å²) in [5.41, 5.74) is 7.55. The van der Waals surface area contributed by atoms with Crippen molar-refractivity contribution in [1.82, 2.24) is 24.8 Å². The smallest absolute Gasteiger partial charge is 0.383 e. The van der Waals surface area contributed by atoms with Gasteiger partial charge >= 0.3 is 6.18 Å². The van der Waals surface area contributed by atoms with Crippen LogP contribution in [-0.2, 0) is 6.18 Å². The summed E-state index contributed by atoms with van der Waals surface area (Å²) in [6, 6.07) is 4.68. The summed E-state index contributed by atoms with van der Waals surface area (Å²) in [6.45, 7) is 5.38. The van der Waals surface area contributed by atoms with Crippen LogP contribution in [0.15, 0.2) is 30.6 Å². The molecule has 3 unspecified atom stereocenters. The van der Waals surface area contributed by atoms with E-state index in [2.05, 4.69) is 19.9 Å². The third kappa shape index (κ3) is 4.21. The highest BCUT2D eigenvalue weighted by Crippen LogP contribution is 2.53. The first-order valence-electron chi connectivity index (χ1n) is 11.5. The van der Waals surface area contributed by atoms with Gasteiger partial charge in [-0.1, -0.05) is 0 Å². The van der Waals surface area contributed by atoms with Gasteiger partial charge in [0, 0.05) is 35.8 Å². The average Bonchev–Trinajstić information content (AvgIpc) is 3.55. The number of anilines is 1. The second-order valence-corrected chi connectivity index (χ2v) is 9.40. The van der Waals surface area contributed by atoms with Crippen LogP contribution in [0.4, 0.5) is 19.0 Å². The number of pyridine rings is 2. The third-order valence-electron chi connectivity index (χ3n) is 7.01. The predicted molar refractivity (Wildman–Crippen MR) is 123 cm³/mol. The minimum atomic E-state index is -4.57. The number of nitrogens with zero attached hydrogens (tertiary/aromatic N) is 5. The molecule has 7 nitrogen and oxygen atoms in total. The maximum atomic E-state index is 14.0. The normalized spacial score (nSPS) is 21.5. The van der Waals surface area contributed by atoms with Crippen molar-refractivity contribution in [1.29, 1.82) is 0 Å². The van der Waals surface area contributed by atoms with Crippen LogP contribution >= 0.6 is 0 Å². The van der Waals surface area contributed by atoms with Gasteiger partial charge in [0.05, 0.1) is 17.3 Å². The van der Waals surface area contributed by atoms with E-state index in [1.807, 2.05) is 0 Å². The average molecular weight is 483 g/mol. The standard InChI is InChI=1S/C25H25F3N6O/c1-12-4-5-17(19-6-7-30-14(3)33-19)22(32-12)24(35)34-11-16-8-15(16)9-20(34)21-13(2)18(25(26,27)28)10-31-23(21)29/h4-7,10,15-16,20H,8-9,11H2,1-3H3,(H2,29,31). The number of alkyl halides is 3. The van der Waals surface area contributed by atoms with E-state index in [0.717, 1.165) is 12.6 Å². The number of carbonyl (C=O) groups is 1. The quantitative estimate of drug-likeness (QED) is 0.582. The topological polar surface area (TPSA) is 97.9 Å². The fourth-order valence-electron chi connectivity index (χ4n) is 5.13. The third-order valence-corrected chi connectivity index (χ3v) is 7.01. The monoisotopic (exact) mass is 482 g/mol. The molecule has 3 atom stereocenters. The van der Waals surface area contributed by atoms with Crippen LogP contribution in [0.25, 0.3) is 11.3 Å². The molecule has 1 saturated carbocycles. The van der Waals surface area contributed by atoms with Crippen LogP contribution in [0.1, 0.15) is 57.6 Å². The summed E-state index contributed by atoms with van der Waals surface area (Å²) in [5, 5.41) is 0. The molecule has 1 amide bonds. The number of nitrogens with two attached hydrogens (primary N) is 1. The summed E-state index contributed by atoms with van der Waals surface area (Å²) in [4.78, 5) is 32.6. The molecule has 182 valence electrons. The Morgan fingerprint density at radius 1 is 1.06 bits per heavy atom. The Balaban J connectivity index is 1.61. The van der Waals surface area contributed by atoms with Gasteiger partial charge in [-0.05, 0) is 69.2 Å². The fourth-order valence-corrected chi connectivity index (χ4v) is 5.13. The lowest BCUT2D eigenvalue weighted by atomic mass is 9.90. The second kappa shape index (κ2) is 8.28. The molecule has 35 heavy (non-hydrogen) atoms. The Morgan fingerprint density at radius 2 is 1.83 bits per heavy atom. The van der Waals surface area contributed by atoms with Crippen molar-refractivity contribution in [3.05, 3.63) is 64.5 Å². The molecule has 1 aliphatic heterocycles. The Morgan fingerprint density at radius 3 is 2.54 bits per heavy atom. The first-order chi connectivity index (χ1) is 16.5. The van der Waals surface area contributed by atoms with Gasteiger partial charge in [0.25, 0.3) is 5.91 Å². The molecule has 3 aromatic rings. The van der Waals surface area contributed by atoms with Gasteiger partial charge in [-0.3, -0.25) is 4.79 Å². The molecule has 4 heterocycles. The first-order valence-corrected chi connectivity index (χ1v) is 11.5. The van der Waals surface area contributed by atoms with Crippen LogP contribution in [-0.4, -0.2) is 37.3 Å². The molecule has 5 rings (SSSR count). The molecule has 10 heteroatoms. The van der Waals surface area contributed by atoms with E-state index in [0.29, 0.717) is 47.6 Å². The van der Waals surface area contributed by atoms with Crippen molar-refractivity contribution in [2.24, 2.45) is 11.8 Å². The van der Waals surface area contributed by atoms with Crippen LogP contribution in [0, 0.1) is 32.6 Å². The number of carbonyl (C=O) groups excluding carboxylic acids is 1. The molecule has 0 bridgehead atoms. The van der Waals surface area contributed by atoms with E-state index in [9.17, 15) is 18.0 Å². The number of hydrogen-bond donors (Lipinski definition) is 1. The van der Waals surface area contributed by atoms with Crippen LogP contribution in [0.2, 0.25) is 0 Å². The lowest BCUT2D eigenvalue weighted by molar-refractivity contribution is -0.138. The second-order valence-electron chi connectivity index (χ2n) is 9.40. The highest BCUT2D eigenvalue weighted by molar-refractivity contribution is 5.99. The largest absolute Gasteiger partial charge is 0.418 e. The Labute approximate surface area is 200 Å². The Kier molecular flexibility index (Phi) is 5.49. The van der Waals surface area contributed by atoms with Crippen LogP contribution in [0.3, 0.4) is 0 Å². The van der Waals surface area contributed by atoms with Gasteiger partial charge in [0.1, 0.15) is 17.3 Å². The highest BCUT2D eigenvalue weighted by atomic mass is 19.4. The SMILES string of the molecule is Cc1ccc(-c2ccnc(C)n2)c(C(=O)N2CC3CC3CC2c2c(N)ncc(C(F)(F)F)c2C)n1. The van der Waals surface area contributed by atoms with E-state index < -0.39 is 17.8 Å². The predicted octanol–water partition coefficient (Wildman–Crippen LogP) is 4.68. The van der Waals surface area contributed by atoms with Gasteiger partial charge in [-0.15, -0.1) is 0 Å². The molecule has 2 N–H and O–H groups in total. The molecule has 3 aromatic heterocycles. The summed E-state index contributed by atoms with van der Waals surface area (Å²) >= 11 is 0. The number of hydrogen-bond acceptors (Lipinski definition) is 6. The van der Waals surface area contributed by atoms with E-state index in [-0.39, 0.29) is 28.5 Å². The van der Waals surface area contributed by atoms with Crippen molar-refractivity contribution >= 4 is 11.7 Å². The van der Waals surface area contributed by atoms with E-state index in [1.54, 1.807) is 43.1 Å². The van der Waals surface area contributed by atoms with Crippen LogP contribution in [0.5, 0.6) is 0 Å². The summed E-state index contributed by atoms with van der Waals surface area (Å²) in [5.74, 6) is 0.890.